The van der Waals surface area contributed by atoms with E-state index in [4.69, 9.17) is 0 Å². The highest BCUT2D eigenvalue weighted by Crippen LogP contribution is 2.20. The topological polar surface area (TPSA) is 72.3 Å². The Kier molecular flexibility index (Phi) is 4.26. The van der Waals surface area contributed by atoms with E-state index >= 15 is 0 Å². The first-order valence-corrected chi connectivity index (χ1v) is 7.91. The van der Waals surface area contributed by atoms with Gasteiger partial charge in [0, 0.05) is 19.7 Å². The fourth-order valence-electron chi connectivity index (χ4n) is 1.56. The molecule has 112 valence electrons. The van der Waals surface area contributed by atoms with Gasteiger partial charge in [0.15, 0.2) is 5.78 Å². The quantitative estimate of drug-likeness (QED) is 0.762. The largest absolute Gasteiger partial charge is 0.322 e. The van der Waals surface area contributed by atoms with Gasteiger partial charge in [0.05, 0.1) is 11.8 Å². The Bertz CT molecular complexity index is 802. The van der Waals surface area contributed by atoms with Crippen molar-refractivity contribution in [1.82, 2.24) is 13.5 Å². The van der Waals surface area contributed by atoms with Crippen LogP contribution in [-0.4, -0.2) is 41.8 Å². The van der Waals surface area contributed by atoms with Crippen molar-refractivity contribution in [2.24, 2.45) is 0 Å². The fourth-order valence-corrected chi connectivity index (χ4v) is 2.87. The van der Waals surface area contributed by atoms with Crippen molar-refractivity contribution in [3.8, 4) is 0 Å². The lowest BCUT2D eigenvalue weighted by Crippen LogP contribution is -2.29. The molecule has 0 fully saturated rings. The third-order valence-corrected chi connectivity index (χ3v) is 4.85. The molecule has 0 aliphatic heterocycles. The van der Waals surface area contributed by atoms with Crippen LogP contribution in [0, 0.1) is 5.82 Å². The van der Waals surface area contributed by atoms with E-state index in [-0.39, 0.29) is 15.7 Å². The Morgan fingerprint density at radius 1 is 1.38 bits per heavy atom. The zero-order valence-electron chi connectivity index (χ0n) is 11.1. The summed E-state index contributed by atoms with van der Waals surface area (Å²) in [6.07, 6.45) is 1.09. The Labute approximate surface area is 129 Å². The van der Waals surface area contributed by atoms with Crippen molar-refractivity contribution >= 4 is 31.9 Å². The van der Waals surface area contributed by atoms with E-state index in [1.54, 1.807) is 0 Å². The molecule has 2 rings (SSSR count). The van der Waals surface area contributed by atoms with Gasteiger partial charge in [0.2, 0.25) is 0 Å². The first-order valence-electron chi connectivity index (χ1n) is 5.72. The maximum atomic E-state index is 13.2. The van der Waals surface area contributed by atoms with Crippen LogP contribution in [0.3, 0.4) is 0 Å². The Balaban J connectivity index is 2.47. The maximum Gasteiger partial charge on any atom is 0.322 e. The highest BCUT2D eigenvalue weighted by molar-refractivity contribution is 9.10. The molecule has 0 saturated carbocycles. The second-order valence-electron chi connectivity index (χ2n) is 4.34. The molecule has 0 aliphatic carbocycles. The van der Waals surface area contributed by atoms with Crippen molar-refractivity contribution in [3.63, 3.8) is 0 Å². The smallest absolute Gasteiger partial charge is 0.288 e. The molecule has 0 saturated heterocycles. The first kappa shape index (κ1) is 15.8. The summed E-state index contributed by atoms with van der Waals surface area (Å²) in [5.41, 5.74) is 0.142. The Hall–Kier alpha value is -1.58. The molecule has 1 aromatic carbocycles. The van der Waals surface area contributed by atoms with E-state index in [1.807, 2.05) is 0 Å². The van der Waals surface area contributed by atoms with Gasteiger partial charge < -0.3 is 0 Å². The normalized spacial score (nSPS) is 11.9. The lowest BCUT2D eigenvalue weighted by atomic mass is 10.1. The summed E-state index contributed by atoms with van der Waals surface area (Å²) in [5, 5.41) is 3.76. The minimum absolute atomic E-state index is 0.0334. The number of benzene rings is 1. The van der Waals surface area contributed by atoms with Gasteiger partial charge in [0.25, 0.3) is 0 Å². The molecule has 0 amide bonds. The van der Waals surface area contributed by atoms with Gasteiger partial charge in [-0.05, 0) is 28.1 Å². The van der Waals surface area contributed by atoms with Crippen molar-refractivity contribution in [3.05, 3.63) is 52.0 Å². The predicted molar refractivity (Wildman–Crippen MR) is 77.8 cm³/mol. The van der Waals surface area contributed by atoms with Crippen LogP contribution in [0.15, 0.2) is 35.1 Å². The fraction of sp³-hybridized carbons (Fsp3) is 0.167. The van der Waals surface area contributed by atoms with Crippen LogP contribution < -0.4 is 0 Å². The maximum absolute atomic E-state index is 13.2. The highest BCUT2D eigenvalue weighted by Gasteiger charge is 2.23. The van der Waals surface area contributed by atoms with E-state index in [9.17, 15) is 17.6 Å². The molecule has 2 aromatic rings. The molecule has 9 heteroatoms. The summed E-state index contributed by atoms with van der Waals surface area (Å²) in [6, 6.07) is 5.13. The molecule has 0 atom stereocenters. The van der Waals surface area contributed by atoms with Crippen LogP contribution >= 0.6 is 15.9 Å². The van der Waals surface area contributed by atoms with Crippen LogP contribution in [0.25, 0.3) is 0 Å². The zero-order chi connectivity index (χ0) is 15.8. The summed E-state index contributed by atoms with van der Waals surface area (Å²) in [6.45, 7) is 0. The average molecular weight is 376 g/mol. The minimum atomic E-state index is -3.82. The molecule has 0 spiro atoms. The summed E-state index contributed by atoms with van der Waals surface area (Å²) in [4.78, 5) is 12.3. The van der Waals surface area contributed by atoms with Crippen LogP contribution in [0.4, 0.5) is 4.39 Å². The number of rotatable bonds is 4. The summed E-state index contributed by atoms with van der Waals surface area (Å²) in [7, 11) is -1.13. The van der Waals surface area contributed by atoms with Gasteiger partial charge in [-0.3, -0.25) is 4.79 Å². The van der Waals surface area contributed by atoms with Gasteiger partial charge in [0.1, 0.15) is 10.4 Å². The van der Waals surface area contributed by atoms with E-state index in [0.717, 1.165) is 16.6 Å². The van der Waals surface area contributed by atoms with E-state index in [0.29, 0.717) is 4.09 Å². The number of carbonyl (C=O) groups is 1. The molecule has 6 nitrogen and oxygen atoms in total. The Morgan fingerprint density at radius 2 is 2.05 bits per heavy atom. The zero-order valence-corrected chi connectivity index (χ0v) is 13.5. The number of carbonyl (C=O) groups excluding carboxylic acids is 1. The van der Waals surface area contributed by atoms with E-state index in [1.165, 1.54) is 32.3 Å². The van der Waals surface area contributed by atoms with E-state index in [2.05, 4.69) is 21.0 Å². The second kappa shape index (κ2) is 5.66. The van der Waals surface area contributed by atoms with Gasteiger partial charge in [-0.15, -0.1) is 5.10 Å². The molecule has 21 heavy (non-hydrogen) atoms. The first-order chi connectivity index (χ1) is 9.73. The molecule has 0 radical (unpaired) electrons. The van der Waals surface area contributed by atoms with Crippen molar-refractivity contribution in [1.29, 1.82) is 0 Å². The van der Waals surface area contributed by atoms with Crippen LogP contribution in [-0.2, 0) is 10.2 Å². The standard InChI is InChI=1S/C12H11BrFN3O3S/c1-16(2)21(19,20)17-7-10(12(13)15-17)11(18)8-4-3-5-9(14)6-8/h3-7H,1-2H3. The molecule has 0 aliphatic rings. The van der Waals surface area contributed by atoms with E-state index < -0.39 is 21.8 Å². The number of hydrogen-bond acceptors (Lipinski definition) is 4. The number of hydrogen-bond donors (Lipinski definition) is 0. The molecule has 0 bridgehead atoms. The van der Waals surface area contributed by atoms with Gasteiger partial charge in [-0.25, -0.2) is 4.39 Å². The summed E-state index contributed by atoms with van der Waals surface area (Å²) >= 11 is 3.05. The number of nitrogens with zero attached hydrogens (tertiary/aromatic N) is 3. The highest BCUT2D eigenvalue weighted by atomic mass is 79.9. The van der Waals surface area contributed by atoms with Gasteiger partial charge >= 0.3 is 10.2 Å². The molecular weight excluding hydrogens is 365 g/mol. The third kappa shape index (κ3) is 3.04. The SMILES string of the molecule is CN(C)S(=O)(=O)n1cc(C(=O)c2cccc(F)c2)c(Br)n1. The third-order valence-electron chi connectivity index (χ3n) is 2.68. The second-order valence-corrected chi connectivity index (χ2v) is 7.09. The van der Waals surface area contributed by atoms with Gasteiger partial charge in [-0.2, -0.15) is 16.8 Å². The van der Waals surface area contributed by atoms with Crippen LogP contribution in [0.1, 0.15) is 15.9 Å². The number of halogens is 2. The van der Waals surface area contributed by atoms with Crippen LogP contribution in [0.5, 0.6) is 0 Å². The summed E-state index contributed by atoms with van der Waals surface area (Å²) in [5.74, 6) is -1.08. The van der Waals surface area contributed by atoms with Crippen molar-refractivity contribution in [2.75, 3.05) is 14.1 Å². The predicted octanol–water partition coefficient (Wildman–Crippen LogP) is 1.67. The minimum Gasteiger partial charge on any atom is -0.288 e. The average Bonchev–Trinajstić information content (AvgIpc) is 2.80. The number of ketones is 1. The number of aromatic nitrogens is 2. The molecule has 0 unspecified atom stereocenters. The molecule has 1 aromatic heterocycles. The summed E-state index contributed by atoms with van der Waals surface area (Å²) < 4.78 is 38.8. The van der Waals surface area contributed by atoms with Crippen LogP contribution in [0.2, 0.25) is 0 Å². The van der Waals surface area contributed by atoms with Gasteiger partial charge in [-0.1, -0.05) is 12.1 Å². The lowest BCUT2D eigenvalue weighted by Gasteiger charge is -2.09. The molecule has 0 N–H and O–H groups in total. The van der Waals surface area contributed by atoms with Crippen molar-refractivity contribution in [2.45, 2.75) is 0 Å². The molecular formula is C12H11BrFN3O3S. The monoisotopic (exact) mass is 375 g/mol. The Morgan fingerprint density at radius 3 is 2.62 bits per heavy atom. The molecule has 1 heterocycles. The lowest BCUT2D eigenvalue weighted by molar-refractivity contribution is 0.103. The van der Waals surface area contributed by atoms with Crippen molar-refractivity contribution < 1.29 is 17.6 Å².